The number of fused-ring (bicyclic) bond motifs is 6. The fraction of sp³-hybridized carbons (Fsp3) is 0.343. The van der Waals surface area contributed by atoms with Gasteiger partial charge in [0.1, 0.15) is 5.41 Å². The molecule has 40 heavy (non-hydrogen) atoms. The highest BCUT2D eigenvalue weighted by molar-refractivity contribution is 6.15. The van der Waals surface area contributed by atoms with Gasteiger partial charge in [-0.05, 0) is 46.7 Å². The lowest BCUT2D eigenvalue weighted by Gasteiger charge is -2.38. The number of benzene rings is 3. The molecule has 5 heteroatoms. The highest BCUT2D eigenvalue weighted by atomic mass is 16.2. The van der Waals surface area contributed by atoms with Crippen LogP contribution in [0.15, 0.2) is 79.0 Å². The van der Waals surface area contributed by atoms with E-state index in [1.165, 1.54) is 0 Å². The van der Waals surface area contributed by atoms with Crippen molar-refractivity contribution in [2.24, 2.45) is 17.3 Å². The maximum atomic E-state index is 14.8. The number of nitrogens with zero attached hydrogens (tertiary/aromatic N) is 1. The number of carbonyl (C=O) groups is 3. The van der Waals surface area contributed by atoms with E-state index in [1.807, 2.05) is 111 Å². The quantitative estimate of drug-likeness (QED) is 0.376. The van der Waals surface area contributed by atoms with Crippen molar-refractivity contribution < 1.29 is 14.4 Å². The van der Waals surface area contributed by atoms with E-state index in [0.717, 1.165) is 28.7 Å². The van der Waals surface area contributed by atoms with Crippen molar-refractivity contribution in [3.8, 4) is 0 Å². The number of ketones is 2. The summed E-state index contributed by atoms with van der Waals surface area (Å²) in [5.74, 6) is -0.876. The van der Waals surface area contributed by atoms with Crippen LogP contribution in [0.25, 0.3) is 6.08 Å². The van der Waals surface area contributed by atoms with Crippen molar-refractivity contribution in [3.63, 3.8) is 0 Å². The van der Waals surface area contributed by atoms with Crippen LogP contribution in [0.4, 0.5) is 5.69 Å². The molecule has 0 bridgehead atoms. The average molecular weight is 533 g/mol. The normalized spacial score (nSPS) is 24.6. The summed E-state index contributed by atoms with van der Waals surface area (Å²) in [7, 11) is 0. The first-order valence-corrected chi connectivity index (χ1v) is 14.2. The molecule has 204 valence electrons. The molecule has 1 saturated heterocycles. The van der Waals surface area contributed by atoms with Crippen molar-refractivity contribution in [2.75, 3.05) is 5.32 Å². The molecule has 3 aromatic carbocycles. The lowest BCUT2D eigenvalue weighted by molar-refractivity contribution is -0.131. The van der Waals surface area contributed by atoms with E-state index >= 15 is 0 Å². The Kier molecular flexibility index (Phi) is 6.10. The molecule has 4 atom stereocenters. The zero-order chi connectivity index (χ0) is 28.4. The third-order valence-corrected chi connectivity index (χ3v) is 8.74. The molecule has 1 spiro atoms. The fourth-order valence-electron chi connectivity index (χ4n) is 7.07. The van der Waals surface area contributed by atoms with Crippen LogP contribution < -0.4 is 5.32 Å². The number of hydrogen-bond donors (Lipinski definition) is 1. The Bertz CT molecular complexity index is 1550. The summed E-state index contributed by atoms with van der Waals surface area (Å²) in [5, 5.41) is 3.11. The number of rotatable bonds is 5. The fourth-order valence-corrected chi connectivity index (χ4v) is 7.07. The molecule has 3 heterocycles. The number of nitrogens with one attached hydrogen (secondary N) is 1. The molecule has 0 aromatic heterocycles. The van der Waals surface area contributed by atoms with Gasteiger partial charge < -0.3 is 10.2 Å². The number of hydrogen-bond acceptors (Lipinski definition) is 4. The molecule has 0 unspecified atom stereocenters. The van der Waals surface area contributed by atoms with Crippen molar-refractivity contribution in [1.29, 1.82) is 0 Å². The van der Waals surface area contributed by atoms with Gasteiger partial charge in [0.2, 0.25) is 5.91 Å². The van der Waals surface area contributed by atoms with Crippen LogP contribution in [0, 0.1) is 17.3 Å². The molecular weight excluding hydrogens is 496 g/mol. The molecule has 0 radical (unpaired) electrons. The lowest BCUT2D eigenvalue weighted by atomic mass is 9.62. The standard InChI is InChI=1S/C35H36N2O3/c1-21(2)20-22-14-16-24(17-15-22)30(38)28-29(32(39)34(3,4)5)37-19-18-23-10-6-7-11-25(23)31(37)35(28)26-12-8-9-13-27(26)36-33(35)40/h6-19,21,28-29,31H,20H2,1-5H3,(H,36,40)/t28-,29-,31+,35-/m0/s1. The van der Waals surface area contributed by atoms with E-state index in [2.05, 4.69) is 19.2 Å². The highest BCUT2D eigenvalue weighted by Crippen LogP contribution is 2.62. The number of carbonyl (C=O) groups excluding carboxylic acids is 3. The van der Waals surface area contributed by atoms with Crippen LogP contribution in [0.5, 0.6) is 0 Å². The minimum absolute atomic E-state index is 0.0506. The van der Waals surface area contributed by atoms with E-state index in [4.69, 9.17) is 0 Å². The van der Waals surface area contributed by atoms with Gasteiger partial charge in [-0.2, -0.15) is 0 Å². The molecule has 1 N–H and O–H groups in total. The van der Waals surface area contributed by atoms with E-state index in [0.29, 0.717) is 17.2 Å². The molecule has 3 aliphatic rings. The molecule has 6 rings (SSSR count). The predicted octanol–water partition coefficient (Wildman–Crippen LogP) is 6.60. The summed E-state index contributed by atoms with van der Waals surface area (Å²) < 4.78 is 0. The van der Waals surface area contributed by atoms with Gasteiger partial charge >= 0.3 is 0 Å². The molecule has 3 aliphatic heterocycles. The topological polar surface area (TPSA) is 66.5 Å². The summed E-state index contributed by atoms with van der Waals surface area (Å²) in [4.78, 5) is 45.6. The van der Waals surface area contributed by atoms with Crippen molar-refractivity contribution in [3.05, 3.63) is 107 Å². The number of anilines is 1. The summed E-state index contributed by atoms with van der Waals surface area (Å²) >= 11 is 0. The largest absolute Gasteiger partial charge is 0.358 e. The zero-order valence-corrected chi connectivity index (χ0v) is 23.8. The Morgan fingerprint density at radius 3 is 2.33 bits per heavy atom. The second kappa shape index (κ2) is 9.29. The average Bonchev–Trinajstić information content (AvgIpc) is 3.40. The number of amides is 1. The second-order valence-electron chi connectivity index (χ2n) is 12.9. The zero-order valence-electron chi connectivity index (χ0n) is 23.8. The van der Waals surface area contributed by atoms with E-state index in [1.54, 1.807) is 0 Å². The first kappa shape index (κ1) is 26.2. The van der Waals surface area contributed by atoms with Crippen molar-refractivity contribution in [2.45, 2.75) is 58.5 Å². The van der Waals surface area contributed by atoms with Gasteiger partial charge in [0.15, 0.2) is 11.6 Å². The Hall–Kier alpha value is -3.99. The molecule has 3 aromatic rings. The predicted molar refractivity (Wildman–Crippen MR) is 158 cm³/mol. The minimum Gasteiger partial charge on any atom is -0.358 e. The van der Waals surface area contributed by atoms with Gasteiger partial charge in [-0.15, -0.1) is 0 Å². The first-order valence-electron chi connectivity index (χ1n) is 14.2. The Morgan fingerprint density at radius 2 is 1.62 bits per heavy atom. The maximum Gasteiger partial charge on any atom is 0.238 e. The van der Waals surface area contributed by atoms with Crippen LogP contribution >= 0.6 is 0 Å². The number of Topliss-reactive ketones (excluding diaryl/α,β-unsaturated/α-hetero) is 2. The van der Waals surface area contributed by atoms with Gasteiger partial charge in [0.05, 0.1) is 18.0 Å². The van der Waals surface area contributed by atoms with Gasteiger partial charge in [-0.1, -0.05) is 101 Å². The maximum absolute atomic E-state index is 14.8. The van der Waals surface area contributed by atoms with Crippen molar-refractivity contribution in [1.82, 2.24) is 4.90 Å². The van der Waals surface area contributed by atoms with Crippen molar-refractivity contribution >= 4 is 29.2 Å². The summed E-state index contributed by atoms with van der Waals surface area (Å²) in [6, 6.07) is 22.0. The summed E-state index contributed by atoms with van der Waals surface area (Å²) in [6.07, 6.45) is 4.84. The first-order chi connectivity index (χ1) is 19.0. The smallest absolute Gasteiger partial charge is 0.238 e. The lowest BCUT2D eigenvalue weighted by Crippen LogP contribution is -2.50. The van der Waals surface area contributed by atoms with Crippen LogP contribution in [0.3, 0.4) is 0 Å². The van der Waals surface area contributed by atoms with Gasteiger partial charge in [-0.3, -0.25) is 14.4 Å². The van der Waals surface area contributed by atoms with Gasteiger partial charge in [0.25, 0.3) is 0 Å². The molecule has 0 aliphatic carbocycles. The van der Waals surface area contributed by atoms with Crippen LogP contribution in [0.1, 0.15) is 73.3 Å². The second-order valence-corrected chi connectivity index (χ2v) is 12.9. The van der Waals surface area contributed by atoms with E-state index in [-0.39, 0.29) is 17.5 Å². The number of para-hydroxylation sites is 1. The van der Waals surface area contributed by atoms with E-state index < -0.39 is 28.8 Å². The Morgan fingerprint density at radius 1 is 0.950 bits per heavy atom. The van der Waals surface area contributed by atoms with E-state index in [9.17, 15) is 14.4 Å². The van der Waals surface area contributed by atoms with Crippen LogP contribution in [-0.4, -0.2) is 28.4 Å². The van der Waals surface area contributed by atoms with Gasteiger partial charge in [0, 0.05) is 22.9 Å². The minimum atomic E-state index is -1.28. The molecular formula is C35H36N2O3. The van der Waals surface area contributed by atoms with Crippen LogP contribution in [-0.2, 0) is 21.4 Å². The summed E-state index contributed by atoms with van der Waals surface area (Å²) in [6.45, 7) is 10.0. The molecule has 1 fully saturated rings. The SMILES string of the molecule is CC(C)Cc1ccc(C(=O)[C@@H]2[C@@H](C(=O)C(C)(C)C)N3C=Cc4ccccc4[C@@H]3[C@@]23C(=O)Nc2ccccc23)cc1. The summed E-state index contributed by atoms with van der Waals surface area (Å²) in [5.41, 5.74) is 3.11. The molecule has 0 saturated carbocycles. The Labute approximate surface area is 236 Å². The van der Waals surface area contributed by atoms with Crippen LogP contribution in [0.2, 0.25) is 0 Å². The third-order valence-electron chi connectivity index (χ3n) is 8.74. The Balaban J connectivity index is 1.62. The monoisotopic (exact) mass is 532 g/mol. The third kappa shape index (κ3) is 3.78. The molecule has 5 nitrogen and oxygen atoms in total. The van der Waals surface area contributed by atoms with Gasteiger partial charge in [-0.25, -0.2) is 0 Å². The highest BCUT2D eigenvalue weighted by Gasteiger charge is 2.71. The molecule has 1 amide bonds.